The van der Waals surface area contributed by atoms with Gasteiger partial charge in [-0.05, 0) is 62.4 Å². The van der Waals surface area contributed by atoms with Crippen LogP contribution in [0.15, 0.2) is 30.3 Å². The van der Waals surface area contributed by atoms with Crippen molar-refractivity contribution in [3.63, 3.8) is 0 Å². The first-order valence-electron chi connectivity index (χ1n) is 9.58. The summed E-state index contributed by atoms with van der Waals surface area (Å²) in [5.74, 6) is -0.252. The number of hydrogen-bond acceptors (Lipinski definition) is 4. The first-order valence-corrected chi connectivity index (χ1v) is 10.8. The summed E-state index contributed by atoms with van der Waals surface area (Å²) in [5, 5.41) is 8.01. The third-order valence-electron chi connectivity index (χ3n) is 4.79. The number of thiocarbonyl (C=S) groups is 1. The van der Waals surface area contributed by atoms with Crippen LogP contribution in [0.4, 0.5) is 5.00 Å². The highest BCUT2D eigenvalue weighted by atomic mass is 32.1. The fraction of sp³-hybridized carbons (Fsp3) is 0.429. The molecule has 27 heavy (non-hydrogen) atoms. The van der Waals surface area contributed by atoms with Gasteiger partial charge in [-0.2, -0.15) is 0 Å². The van der Waals surface area contributed by atoms with Crippen LogP contribution >= 0.6 is 23.6 Å². The summed E-state index contributed by atoms with van der Waals surface area (Å²) in [4.78, 5) is 13.8. The van der Waals surface area contributed by atoms with Crippen LogP contribution < -0.4 is 10.6 Å². The molecule has 0 saturated heterocycles. The van der Waals surface area contributed by atoms with Gasteiger partial charge in [-0.3, -0.25) is 0 Å². The SMILES string of the molecule is CCOC(=O)c1c(NC(=S)NC(CC)c2ccccc2)sc2c1CCCC2. The molecule has 1 aliphatic rings. The van der Waals surface area contributed by atoms with Gasteiger partial charge in [0.1, 0.15) is 5.00 Å². The van der Waals surface area contributed by atoms with Crippen molar-refractivity contribution in [2.45, 2.75) is 52.0 Å². The topological polar surface area (TPSA) is 50.4 Å². The van der Waals surface area contributed by atoms with Crippen molar-refractivity contribution in [1.29, 1.82) is 0 Å². The normalized spacial score (nSPS) is 14.1. The Bertz CT molecular complexity index is 802. The zero-order chi connectivity index (χ0) is 19.2. The fourth-order valence-corrected chi connectivity index (χ4v) is 5.07. The number of fused-ring (bicyclic) bond motifs is 1. The van der Waals surface area contributed by atoms with Gasteiger partial charge in [0.15, 0.2) is 5.11 Å². The summed E-state index contributed by atoms with van der Waals surface area (Å²) in [6.45, 7) is 4.33. The van der Waals surface area contributed by atoms with Crippen LogP contribution in [0.3, 0.4) is 0 Å². The number of hydrogen-bond donors (Lipinski definition) is 2. The molecule has 0 amide bonds. The van der Waals surface area contributed by atoms with Crippen LogP contribution in [-0.2, 0) is 17.6 Å². The molecule has 0 spiro atoms. The van der Waals surface area contributed by atoms with Gasteiger partial charge in [-0.1, -0.05) is 37.3 Å². The second-order valence-corrected chi connectivity index (χ2v) is 8.12. The molecule has 1 unspecified atom stereocenters. The van der Waals surface area contributed by atoms with E-state index >= 15 is 0 Å². The predicted octanol–water partition coefficient (Wildman–Crippen LogP) is 5.24. The average Bonchev–Trinajstić information content (AvgIpc) is 3.04. The van der Waals surface area contributed by atoms with Crippen molar-refractivity contribution in [3.05, 3.63) is 51.9 Å². The Morgan fingerprint density at radius 2 is 1.96 bits per heavy atom. The number of ether oxygens (including phenoxy) is 1. The van der Waals surface area contributed by atoms with Gasteiger partial charge in [-0.15, -0.1) is 11.3 Å². The van der Waals surface area contributed by atoms with E-state index in [9.17, 15) is 4.79 Å². The molecular formula is C21H26N2O2S2. The van der Waals surface area contributed by atoms with E-state index in [-0.39, 0.29) is 12.0 Å². The van der Waals surface area contributed by atoms with Crippen LogP contribution in [0.1, 0.15) is 65.5 Å². The van der Waals surface area contributed by atoms with Gasteiger partial charge in [0.2, 0.25) is 0 Å². The molecule has 1 heterocycles. The number of anilines is 1. The Balaban J connectivity index is 1.79. The van der Waals surface area contributed by atoms with Crippen molar-refractivity contribution in [2.75, 3.05) is 11.9 Å². The number of carbonyl (C=O) groups excluding carboxylic acids is 1. The Morgan fingerprint density at radius 1 is 1.22 bits per heavy atom. The second-order valence-electron chi connectivity index (χ2n) is 6.61. The van der Waals surface area contributed by atoms with Crippen molar-refractivity contribution < 1.29 is 9.53 Å². The minimum Gasteiger partial charge on any atom is -0.462 e. The standard InChI is InChI=1S/C21H26N2O2S2/c1-3-16(14-10-6-5-7-11-14)22-21(26)23-19-18(20(24)25-4-2)15-12-8-9-13-17(15)27-19/h5-7,10-11,16H,3-4,8-9,12-13H2,1-2H3,(H2,22,23,26). The first-order chi connectivity index (χ1) is 13.1. The maximum Gasteiger partial charge on any atom is 0.341 e. The minimum absolute atomic E-state index is 0.131. The highest BCUT2D eigenvalue weighted by Crippen LogP contribution is 2.38. The Morgan fingerprint density at radius 3 is 2.67 bits per heavy atom. The van der Waals surface area contributed by atoms with E-state index in [1.807, 2.05) is 25.1 Å². The summed E-state index contributed by atoms with van der Waals surface area (Å²) in [7, 11) is 0. The van der Waals surface area contributed by atoms with E-state index in [0.717, 1.165) is 36.2 Å². The first kappa shape index (κ1) is 19.8. The zero-order valence-corrected chi connectivity index (χ0v) is 17.5. The monoisotopic (exact) mass is 402 g/mol. The summed E-state index contributed by atoms with van der Waals surface area (Å²) >= 11 is 7.20. The van der Waals surface area contributed by atoms with Crippen LogP contribution in [-0.4, -0.2) is 17.7 Å². The zero-order valence-electron chi connectivity index (χ0n) is 15.8. The quantitative estimate of drug-likeness (QED) is 0.511. The van der Waals surface area contributed by atoms with E-state index in [2.05, 4.69) is 29.7 Å². The number of thiophene rings is 1. The highest BCUT2D eigenvalue weighted by molar-refractivity contribution is 7.80. The Kier molecular flexibility index (Phi) is 6.85. The lowest BCUT2D eigenvalue weighted by Crippen LogP contribution is -2.32. The van der Waals surface area contributed by atoms with Crippen molar-refractivity contribution in [3.8, 4) is 0 Å². The Labute approximate surface area is 170 Å². The van der Waals surface area contributed by atoms with Gasteiger partial charge < -0.3 is 15.4 Å². The number of esters is 1. The molecule has 6 heteroatoms. The minimum atomic E-state index is -0.252. The molecule has 3 rings (SSSR count). The maximum atomic E-state index is 12.6. The van der Waals surface area contributed by atoms with Crippen molar-refractivity contribution >= 4 is 39.6 Å². The molecule has 1 aliphatic carbocycles. The van der Waals surface area contributed by atoms with Gasteiger partial charge in [0.25, 0.3) is 0 Å². The van der Waals surface area contributed by atoms with Crippen LogP contribution in [0.25, 0.3) is 0 Å². The molecule has 1 aromatic carbocycles. The van der Waals surface area contributed by atoms with E-state index in [1.54, 1.807) is 11.3 Å². The smallest absolute Gasteiger partial charge is 0.341 e. The molecule has 4 nitrogen and oxygen atoms in total. The number of nitrogens with one attached hydrogen (secondary N) is 2. The molecule has 0 fully saturated rings. The lowest BCUT2D eigenvalue weighted by molar-refractivity contribution is 0.0526. The van der Waals surface area contributed by atoms with E-state index < -0.39 is 0 Å². The highest BCUT2D eigenvalue weighted by Gasteiger charge is 2.27. The van der Waals surface area contributed by atoms with Gasteiger partial charge in [-0.25, -0.2) is 4.79 Å². The Hall–Kier alpha value is -1.92. The largest absolute Gasteiger partial charge is 0.462 e. The summed E-state index contributed by atoms with van der Waals surface area (Å²) < 4.78 is 5.31. The lowest BCUT2D eigenvalue weighted by atomic mass is 9.95. The fourth-order valence-electron chi connectivity index (χ4n) is 3.48. The van der Waals surface area contributed by atoms with E-state index in [4.69, 9.17) is 17.0 Å². The lowest BCUT2D eigenvalue weighted by Gasteiger charge is -2.20. The third kappa shape index (κ3) is 4.68. The summed E-state index contributed by atoms with van der Waals surface area (Å²) in [5.41, 5.74) is 3.01. The summed E-state index contributed by atoms with van der Waals surface area (Å²) in [6, 6.07) is 10.4. The molecular weight excluding hydrogens is 376 g/mol. The van der Waals surface area contributed by atoms with Gasteiger partial charge in [0, 0.05) is 4.88 Å². The van der Waals surface area contributed by atoms with Gasteiger partial charge in [0.05, 0.1) is 18.2 Å². The number of aryl methyl sites for hydroxylation is 1. The molecule has 0 radical (unpaired) electrons. The van der Waals surface area contributed by atoms with Crippen LogP contribution in [0, 0.1) is 0 Å². The maximum absolute atomic E-state index is 12.6. The van der Waals surface area contributed by atoms with E-state index in [1.165, 1.54) is 16.9 Å². The van der Waals surface area contributed by atoms with Crippen LogP contribution in [0.5, 0.6) is 0 Å². The molecule has 2 aromatic rings. The van der Waals surface area contributed by atoms with Crippen molar-refractivity contribution in [1.82, 2.24) is 5.32 Å². The average molecular weight is 403 g/mol. The molecule has 0 bridgehead atoms. The summed E-state index contributed by atoms with van der Waals surface area (Å²) in [6.07, 6.45) is 5.16. The molecule has 1 atom stereocenters. The van der Waals surface area contributed by atoms with Crippen molar-refractivity contribution in [2.24, 2.45) is 0 Å². The number of benzene rings is 1. The number of rotatable bonds is 6. The second kappa shape index (κ2) is 9.33. The van der Waals surface area contributed by atoms with E-state index in [0.29, 0.717) is 17.3 Å². The predicted molar refractivity (Wildman–Crippen MR) is 116 cm³/mol. The number of carbonyl (C=O) groups is 1. The molecule has 1 aromatic heterocycles. The van der Waals surface area contributed by atoms with Gasteiger partial charge >= 0.3 is 5.97 Å². The van der Waals surface area contributed by atoms with Crippen LogP contribution in [0.2, 0.25) is 0 Å². The molecule has 0 aliphatic heterocycles. The third-order valence-corrected chi connectivity index (χ3v) is 6.22. The molecule has 2 N–H and O–H groups in total. The molecule has 144 valence electrons. The molecule has 0 saturated carbocycles.